The summed E-state index contributed by atoms with van der Waals surface area (Å²) < 4.78 is 5.25. The fourth-order valence-corrected chi connectivity index (χ4v) is 2.08. The van der Waals surface area contributed by atoms with Gasteiger partial charge in [-0.3, -0.25) is 4.79 Å². The van der Waals surface area contributed by atoms with E-state index in [9.17, 15) is 4.79 Å². The minimum absolute atomic E-state index is 0.132. The maximum Gasteiger partial charge on any atom is 0.302 e. The molecule has 2 nitrogen and oxygen atoms in total. The van der Waals surface area contributed by atoms with Gasteiger partial charge in [-0.25, -0.2) is 0 Å². The largest absolute Gasteiger partial charge is 0.462 e. The molecule has 0 saturated heterocycles. The summed E-state index contributed by atoms with van der Waals surface area (Å²) in [6.07, 6.45) is 3.68. The van der Waals surface area contributed by atoms with Gasteiger partial charge in [0.05, 0.1) is 0 Å². The van der Waals surface area contributed by atoms with E-state index in [1.807, 2.05) is 0 Å². The summed E-state index contributed by atoms with van der Waals surface area (Å²) in [4.78, 5) is 10.7. The molecule has 70 valence electrons. The van der Waals surface area contributed by atoms with Crippen LogP contribution in [0.3, 0.4) is 0 Å². The van der Waals surface area contributed by atoms with Crippen LogP contribution in [0, 0.1) is 11.8 Å². The van der Waals surface area contributed by atoms with Gasteiger partial charge in [0.2, 0.25) is 0 Å². The number of hydrogen-bond donors (Lipinski definition) is 0. The Balaban J connectivity index is 2.46. The molecule has 0 radical (unpaired) electrons. The van der Waals surface area contributed by atoms with Gasteiger partial charge in [-0.1, -0.05) is 13.8 Å². The van der Waals surface area contributed by atoms with Crippen molar-refractivity contribution < 1.29 is 9.53 Å². The lowest BCUT2D eigenvalue weighted by Crippen LogP contribution is -2.24. The minimum atomic E-state index is -0.132. The molecule has 0 aromatic carbocycles. The predicted molar refractivity (Wildman–Crippen MR) is 47.7 cm³/mol. The van der Waals surface area contributed by atoms with Crippen LogP contribution in [-0.2, 0) is 9.53 Å². The maximum absolute atomic E-state index is 10.7. The van der Waals surface area contributed by atoms with Gasteiger partial charge in [0.1, 0.15) is 6.10 Å². The van der Waals surface area contributed by atoms with E-state index in [0.717, 1.165) is 6.42 Å². The third-order valence-electron chi connectivity index (χ3n) is 2.68. The minimum Gasteiger partial charge on any atom is -0.462 e. The molecule has 1 saturated carbocycles. The van der Waals surface area contributed by atoms with Crippen LogP contribution in [0.5, 0.6) is 0 Å². The zero-order chi connectivity index (χ0) is 9.14. The van der Waals surface area contributed by atoms with Gasteiger partial charge in [0.25, 0.3) is 0 Å². The van der Waals surface area contributed by atoms with E-state index in [-0.39, 0.29) is 12.1 Å². The number of carbonyl (C=O) groups is 1. The summed E-state index contributed by atoms with van der Waals surface area (Å²) in [6, 6.07) is 0. The smallest absolute Gasteiger partial charge is 0.302 e. The van der Waals surface area contributed by atoms with Gasteiger partial charge in [0.15, 0.2) is 0 Å². The quantitative estimate of drug-likeness (QED) is 0.595. The van der Waals surface area contributed by atoms with Crippen molar-refractivity contribution in [3.8, 4) is 0 Å². The molecule has 0 aromatic heterocycles. The second-order valence-electron chi connectivity index (χ2n) is 3.99. The fraction of sp³-hybridized carbons (Fsp3) is 0.900. The summed E-state index contributed by atoms with van der Waals surface area (Å²) in [5.41, 5.74) is 0. The lowest BCUT2D eigenvalue weighted by atomic mass is 9.92. The second-order valence-corrected chi connectivity index (χ2v) is 3.99. The molecule has 2 heteroatoms. The first kappa shape index (κ1) is 9.56. The van der Waals surface area contributed by atoms with Gasteiger partial charge < -0.3 is 4.74 Å². The summed E-state index contributed by atoms with van der Waals surface area (Å²) in [7, 11) is 0. The van der Waals surface area contributed by atoms with Crippen LogP contribution < -0.4 is 0 Å². The molecular formula is C10H18O2. The summed E-state index contributed by atoms with van der Waals surface area (Å²) >= 11 is 0. The van der Waals surface area contributed by atoms with E-state index >= 15 is 0 Å². The number of carbonyl (C=O) groups excluding carboxylic acids is 1. The summed E-state index contributed by atoms with van der Waals surface area (Å²) in [5, 5.41) is 0. The first-order chi connectivity index (χ1) is 5.61. The highest BCUT2D eigenvalue weighted by Crippen LogP contribution is 2.33. The van der Waals surface area contributed by atoms with Crippen LogP contribution in [-0.4, -0.2) is 12.1 Å². The van der Waals surface area contributed by atoms with Crippen molar-refractivity contribution in [3.05, 3.63) is 0 Å². The molecular weight excluding hydrogens is 152 g/mol. The highest BCUT2D eigenvalue weighted by Gasteiger charge is 2.31. The number of esters is 1. The van der Waals surface area contributed by atoms with E-state index in [4.69, 9.17) is 4.74 Å². The lowest BCUT2D eigenvalue weighted by molar-refractivity contribution is -0.148. The van der Waals surface area contributed by atoms with Crippen molar-refractivity contribution in [2.24, 2.45) is 11.8 Å². The number of ether oxygens (including phenoxy) is 1. The first-order valence-electron chi connectivity index (χ1n) is 4.78. The maximum atomic E-state index is 10.7. The molecule has 0 heterocycles. The molecule has 1 rings (SSSR count). The number of rotatable bonds is 2. The Morgan fingerprint density at radius 3 is 2.58 bits per heavy atom. The van der Waals surface area contributed by atoms with Crippen molar-refractivity contribution in [3.63, 3.8) is 0 Å². The Morgan fingerprint density at radius 1 is 1.42 bits per heavy atom. The normalized spacial score (nSPS) is 29.3. The molecule has 1 aliphatic rings. The Kier molecular flexibility index (Phi) is 3.12. The monoisotopic (exact) mass is 170 g/mol. The molecule has 1 fully saturated rings. The van der Waals surface area contributed by atoms with Crippen molar-refractivity contribution in [1.82, 2.24) is 0 Å². The Bertz CT molecular complexity index is 163. The van der Waals surface area contributed by atoms with E-state index in [0.29, 0.717) is 11.8 Å². The molecule has 0 aromatic rings. The molecule has 0 unspecified atom stereocenters. The Hall–Kier alpha value is -0.530. The zero-order valence-electron chi connectivity index (χ0n) is 8.17. The van der Waals surface area contributed by atoms with E-state index in [2.05, 4.69) is 13.8 Å². The molecule has 0 N–H and O–H groups in total. The summed E-state index contributed by atoms with van der Waals surface area (Å²) in [6.45, 7) is 5.90. The van der Waals surface area contributed by atoms with Crippen LogP contribution in [0.15, 0.2) is 0 Å². The van der Waals surface area contributed by atoms with Crippen LogP contribution in [0.2, 0.25) is 0 Å². The van der Waals surface area contributed by atoms with Gasteiger partial charge >= 0.3 is 5.97 Å². The van der Waals surface area contributed by atoms with E-state index in [1.165, 1.54) is 19.8 Å². The molecule has 0 amide bonds. The Morgan fingerprint density at radius 2 is 2.08 bits per heavy atom. The molecule has 1 aliphatic carbocycles. The third kappa shape index (κ3) is 2.23. The fourth-order valence-electron chi connectivity index (χ4n) is 2.08. The SMILES string of the molecule is CC(=O)O[C@@H]1CCC[C@@H]1C(C)C. The second kappa shape index (κ2) is 3.92. The predicted octanol–water partition coefficient (Wildman–Crippen LogP) is 2.37. The van der Waals surface area contributed by atoms with E-state index in [1.54, 1.807) is 0 Å². The van der Waals surface area contributed by atoms with Gasteiger partial charge in [0, 0.05) is 6.92 Å². The van der Waals surface area contributed by atoms with Crippen molar-refractivity contribution in [2.75, 3.05) is 0 Å². The van der Waals surface area contributed by atoms with Crippen molar-refractivity contribution >= 4 is 5.97 Å². The highest BCUT2D eigenvalue weighted by atomic mass is 16.5. The lowest BCUT2D eigenvalue weighted by Gasteiger charge is -2.22. The molecule has 12 heavy (non-hydrogen) atoms. The standard InChI is InChI=1S/C10H18O2/c1-7(2)9-5-4-6-10(9)12-8(3)11/h7,9-10H,4-6H2,1-3H3/t9-,10-/m1/s1. The van der Waals surface area contributed by atoms with Gasteiger partial charge in [-0.05, 0) is 31.1 Å². The molecule has 0 bridgehead atoms. The van der Waals surface area contributed by atoms with Gasteiger partial charge in [-0.15, -0.1) is 0 Å². The van der Waals surface area contributed by atoms with Crippen molar-refractivity contribution in [1.29, 1.82) is 0 Å². The van der Waals surface area contributed by atoms with Crippen LogP contribution in [0.25, 0.3) is 0 Å². The molecule has 0 aliphatic heterocycles. The zero-order valence-corrected chi connectivity index (χ0v) is 8.17. The average molecular weight is 170 g/mol. The number of hydrogen-bond acceptors (Lipinski definition) is 2. The van der Waals surface area contributed by atoms with Crippen LogP contribution in [0.1, 0.15) is 40.0 Å². The van der Waals surface area contributed by atoms with Gasteiger partial charge in [-0.2, -0.15) is 0 Å². The highest BCUT2D eigenvalue weighted by molar-refractivity contribution is 5.66. The summed E-state index contributed by atoms with van der Waals surface area (Å²) in [5.74, 6) is 1.10. The van der Waals surface area contributed by atoms with E-state index < -0.39 is 0 Å². The third-order valence-corrected chi connectivity index (χ3v) is 2.68. The van der Waals surface area contributed by atoms with Crippen molar-refractivity contribution in [2.45, 2.75) is 46.1 Å². The topological polar surface area (TPSA) is 26.3 Å². The average Bonchev–Trinajstić information content (AvgIpc) is 2.33. The van der Waals surface area contributed by atoms with Crippen LogP contribution >= 0.6 is 0 Å². The molecule has 2 atom stereocenters. The molecule has 0 spiro atoms. The Labute approximate surface area is 74.3 Å². The first-order valence-corrected chi connectivity index (χ1v) is 4.78. The van der Waals surface area contributed by atoms with Crippen LogP contribution in [0.4, 0.5) is 0 Å².